The Morgan fingerprint density at radius 3 is 2.61 bits per heavy atom. The third-order valence-electron chi connectivity index (χ3n) is 5.54. The van der Waals surface area contributed by atoms with Crippen molar-refractivity contribution in [2.45, 2.75) is 39.0 Å². The molecule has 1 atom stereocenters. The molecule has 3 aromatic rings. The van der Waals surface area contributed by atoms with Crippen LogP contribution in [0.5, 0.6) is 0 Å². The van der Waals surface area contributed by atoms with Crippen molar-refractivity contribution in [3.05, 3.63) is 88.6 Å². The molecule has 7 nitrogen and oxygen atoms in total. The van der Waals surface area contributed by atoms with Crippen molar-refractivity contribution >= 4 is 11.8 Å². The number of benzene rings is 2. The third kappa shape index (κ3) is 6.04. The minimum atomic E-state index is -0.409. The van der Waals surface area contributed by atoms with Gasteiger partial charge in [0.25, 0.3) is 11.8 Å². The van der Waals surface area contributed by atoms with E-state index in [9.17, 15) is 14.0 Å². The largest absolute Gasteiger partial charge is 0.376 e. The number of aromatic nitrogens is 1. The molecule has 2 heterocycles. The Labute approximate surface area is 191 Å². The number of amides is 2. The van der Waals surface area contributed by atoms with Crippen LogP contribution in [0.3, 0.4) is 0 Å². The van der Waals surface area contributed by atoms with Crippen LogP contribution in [0.1, 0.15) is 50.6 Å². The van der Waals surface area contributed by atoms with Gasteiger partial charge >= 0.3 is 0 Å². The van der Waals surface area contributed by atoms with Crippen molar-refractivity contribution in [2.75, 3.05) is 13.2 Å². The van der Waals surface area contributed by atoms with Gasteiger partial charge in [0.2, 0.25) is 0 Å². The molecule has 172 valence electrons. The summed E-state index contributed by atoms with van der Waals surface area (Å²) in [5.74, 6) is -0.661. The minimum Gasteiger partial charge on any atom is -0.376 e. The second-order valence-electron chi connectivity index (χ2n) is 8.17. The summed E-state index contributed by atoms with van der Waals surface area (Å²) in [4.78, 5) is 27.1. The highest BCUT2D eigenvalue weighted by atomic mass is 19.1. The maximum Gasteiger partial charge on any atom is 0.273 e. The molecule has 0 bridgehead atoms. The highest BCUT2D eigenvalue weighted by molar-refractivity contribution is 5.94. The first-order valence-corrected chi connectivity index (χ1v) is 10.9. The van der Waals surface area contributed by atoms with Crippen LogP contribution in [0.25, 0.3) is 0 Å². The van der Waals surface area contributed by atoms with Crippen molar-refractivity contribution in [3.8, 4) is 0 Å². The van der Waals surface area contributed by atoms with Crippen LogP contribution in [-0.2, 0) is 17.8 Å². The van der Waals surface area contributed by atoms with Gasteiger partial charge in [0.15, 0.2) is 11.5 Å². The number of carbonyl (C=O) groups is 2. The zero-order valence-corrected chi connectivity index (χ0v) is 18.4. The Kier molecular flexibility index (Phi) is 7.14. The molecule has 2 amide bonds. The van der Waals surface area contributed by atoms with Crippen LogP contribution < -0.4 is 5.32 Å². The molecule has 1 aromatic heterocycles. The van der Waals surface area contributed by atoms with Crippen molar-refractivity contribution < 1.29 is 23.2 Å². The number of ether oxygens (including phenoxy) is 1. The molecule has 4 rings (SSSR count). The first-order valence-electron chi connectivity index (χ1n) is 10.9. The van der Waals surface area contributed by atoms with Gasteiger partial charge in [-0.15, -0.1) is 0 Å². The Bertz CT molecular complexity index is 1090. The predicted octanol–water partition coefficient (Wildman–Crippen LogP) is 3.87. The fourth-order valence-electron chi connectivity index (χ4n) is 3.69. The van der Waals surface area contributed by atoms with Crippen LogP contribution >= 0.6 is 0 Å². The monoisotopic (exact) mass is 451 g/mol. The second-order valence-corrected chi connectivity index (χ2v) is 8.17. The molecule has 1 aliphatic heterocycles. The van der Waals surface area contributed by atoms with Crippen molar-refractivity contribution in [1.29, 1.82) is 0 Å². The van der Waals surface area contributed by atoms with E-state index < -0.39 is 5.82 Å². The first kappa shape index (κ1) is 22.7. The fraction of sp³-hybridized carbons (Fsp3) is 0.320. The zero-order chi connectivity index (χ0) is 23.2. The lowest BCUT2D eigenvalue weighted by molar-refractivity contribution is 0.0486. The molecule has 33 heavy (non-hydrogen) atoms. The van der Waals surface area contributed by atoms with Gasteiger partial charge in [0.05, 0.1) is 12.6 Å². The molecule has 1 saturated heterocycles. The molecule has 0 aliphatic carbocycles. The summed E-state index contributed by atoms with van der Waals surface area (Å²) in [6, 6.07) is 14.8. The molecular formula is C25H26FN3O4. The Hall–Kier alpha value is -3.52. The quantitative estimate of drug-likeness (QED) is 0.562. The summed E-state index contributed by atoms with van der Waals surface area (Å²) in [5.41, 5.74) is 2.63. The van der Waals surface area contributed by atoms with Crippen LogP contribution in [0, 0.1) is 12.7 Å². The van der Waals surface area contributed by atoms with E-state index in [1.54, 1.807) is 4.90 Å². The van der Waals surface area contributed by atoms with Gasteiger partial charge in [0, 0.05) is 31.3 Å². The van der Waals surface area contributed by atoms with Crippen molar-refractivity contribution in [2.24, 2.45) is 0 Å². The Morgan fingerprint density at radius 2 is 1.91 bits per heavy atom. The van der Waals surface area contributed by atoms with E-state index in [-0.39, 0.29) is 30.2 Å². The number of carbonyl (C=O) groups excluding carboxylic acids is 2. The smallest absolute Gasteiger partial charge is 0.273 e. The molecule has 0 spiro atoms. The normalized spacial score (nSPS) is 15.4. The lowest BCUT2D eigenvalue weighted by Gasteiger charge is -2.24. The molecule has 0 radical (unpaired) electrons. The maximum atomic E-state index is 13.3. The SMILES string of the molecule is Cc1ccc(CNC(=O)c2cc(CN(CC3CCCO3)C(=O)c3ccc(F)cc3)on2)cc1. The van der Waals surface area contributed by atoms with Gasteiger partial charge in [-0.1, -0.05) is 35.0 Å². The summed E-state index contributed by atoms with van der Waals surface area (Å²) >= 11 is 0. The van der Waals surface area contributed by atoms with E-state index in [1.165, 1.54) is 30.3 Å². The van der Waals surface area contributed by atoms with E-state index in [1.807, 2.05) is 31.2 Å². The average molecular weight is 451 g/mol. The lowest BCUT2D eigenvalue weighted by atomic mass is 10.1. The summed E-state index contributed by atoms with van der Waals surface area (Å²) in [7, 11) is 0. The Morgan fingerprint density at radius 1 is 1.15 bits per heavy atom. The zero-order valence-electron chi connectivity index (χ0n) is 18.4. The first-order chi connectivity index (χ1) is 16.0. The number of rotatable bonds is 8. The van der Waals surface area contributed by atoms with Gasteiger partial charge in [-0.05, 0) is 49.6 Å². The van der Waals surface area contributed by atoms with Crippen molar-refractivity contribution in [3.63, 3.8) is 0 Å². The topological polar surface area (TPSA) is 84.7 Å². The van der Waals surface area contributed by atoms with Gasteiger partial charge in [-0.3, -0.25) is 9.59 Å². The number of halogens is 1. The molecule has 8 heteroatoms. The molecule has 1 aliphatic rings. The second kappa shape index (κ2) is 10.4. The van der Waals surface area contributed by atoms with Gasteiger partial charge in [-0.2, -0.15) is 0 Å². The van der Waals surface area contributed by atoms with Crippen LogP contribution in [0.4, 0.5) is 4.39 Å². The van der Waals surface area contributed by atoms with E-state index in [4.69, 9.17) is 9.26 Å². The highest BCUT2D eigenvalue weighted by Crippen LogP contribution is 2.18. The lowest BCUT2D eigenvalue weighted by Crippen LogP contribution is -2.36. The van der Waals surface area contributed by atoms with E-state index in [0.29, 0.717) is 31.0 Å². The van der Waals surface area contributed by atoms with Gasteiger partial charge < -0.3 is 19.5 Å². The van der Waals surface area contributed by atoms with Crippen molar-refractivity contribution in [1.82, 2.24) is 15.4 Å². The summed E-state index contributed by atoms with van der Waals surface area (Å²) in [5, 5.41) is 6.68. The average Bonchev–Trinajstić information content (AvgIpc) is 3.50. The molecule has 1 fully saturated rings. The van der Waals surface area contributed by atoms with Crippen LogP contribution in [-0.4, -0.2) is 41.1 Å². The highest BCUT2D eigenvalue weighted by Gasteiger charge is 2.25. The number of hydrogen-bond donors (Lipinski definition) is 1. The molecule has 0 saturated carbocycles. The standard InChI is InChI=1S/C25H26FN3O4/c1-17-4-6-18(7-5-17)14-27-24(30)23-13-22(33-28-23)16-29(15-21-3-2-12-32-21)25(31)19-8-10-20(26)11-9-19/h4-11,13,21H,2-3,12,14-16H2,1H3,(H,27,30). The van der Waals surface area contributed by atoms with E-state index in [2.05, 4.69) is 10.5 Å². The third-order valence-corrected chi connectivity index (χ3v) is 5.54. The minimum absolute atomic E-state index is 0.0744. The maximum absolute atomic E-state index is 13.3. The van der Waals surface area contributed by atoms with Gasteiger partial charge in [-0.25, -0.2) is 4.39 Å². The number of nitrogens with zero attached hydrogens (tertiary/aromatic N) is 2. The fourth-order valence-corrected chi connectivity index (χ4v) is 3.69. The molecule has 1 N–H and O–H groups in total. The predicted molar refractivity (Wildman–Crippen MR) is 119 cm³/mol. The number of hydrogen-bond acceptors (Lipinski definition) is 5. The number of aryl methyl sites for hydroxylation is 1. The Balaban J connectivity index is 1.42. The van der Waals surface area contributed by atoms with Crippen LogP contribution in [0.15, 0.2) is 59.1 Å². The molecular weight excluding hydrogens is 425 g/mol. The summed E-state index contributed by atoms with van der Waals surface area (Å²) in [6.07, 6.45) is 1.72. The summed E-state index contributed by atoms with van der Waals surface area (Å²) < 4.78 is 24.3. The van der Waals surface area contributed by atoms with Gasteiger partial charge in [0.1, 0.15) is 5.82 Å². The van der Waals surface area contributed by atoms with Crippen LogP contribution in [0.2, 0.25) is 0 Å². The van der Waals surface area contributed by atoms with E-state index in [0.717, 1.165) is 24.0 Å². The molecule has 1 unspecified atom stereocenters. The number of nitrogens with one attached hydrogen (secondary N) is 1. The van der Waals surface area contributed by atoms with E-state index >= 15 is 0 Å². The summed E-state index contributed by atoms with van der Waals surface area (Å²) in [6.45, 7) is 3.52. The molecule has 2 aromatic carbocycles.